The molecule has 0 spiro atoms. The van der Waals surface area contributed by atoms with Gasteiger partial charge in [0, 0.05) is 0 Å². The van der Waals surface area contributed by atoms with E-state index < -0.39 is 5.60 Å². The number of benzene rings is 2. The van der Waals surface area contributed by atoms with Crippen LogP contribution in [0.4, 0.5) is 0 Å². The summed E-state index contributed by atoms with van der Waals surface area (Å²) in [6, 6.07) is 17.6. The molecule has 0 atom stereocenters. The monoisotopic (exact) mass is 354 g/mol. The minimum absolute atomic E-state index is 0.104. The Bertz CT molecular complexity index is 718. The van der Waals surface area contributed by atoms with Crippen LogP contribution in [-0.2, 0) is 21.7 Å². The third-order valence-corrected chi connectivity index (χ3v) is 5.05. The second-order valence-corrected chi connectivity index (χ2v) is 6.86. The van der Waals surface area contributed by atoms with E-state index in [-0.39, 0.29) is 11.9 Å². The van der Waals surface area contributed by atoms with Gasteiger partial charge in [-0.2, -0.15) is 0 Å². The van der Waals surface area contributed by atoms with Gasteiger partial charge >= 0.3 is 5.97 Å². The largest absolute Gasteiger partial charge is 0.489 e. The summed E-state index contributed by atoms with van der Waals surface area (Å²) in [6.07, 6.45) is 2.39. The SMILES string of the molecule is CCOC(=O)C1CCC(O)(c2cccc(OCc3ccccc3)c2)CC1. The van der Waals surface area contributed by atoms with Crippen molar-refractivity contribution in [3.05, 3.63) is 65.7 Å². The Morgan fingerprint density at radius 1 is 1.12 bits per heavy atom. The van der Waals surface area contributed by atoms with Gasteiger partial charge in [-0.3, -0.25) is 4.79 Å². The molecule has 0 bridgehead atoms. The molecule has 4 nitrogen and oxygen atoms in total. The summed E-state index contributed by atoms with van der Waals surface area (Å²) in [7, 11) is 0. The summed E-state index contributed by atoms with van der Waals surface area (Å²) in [5.74, 6) is 0.495. The molecule has 0 heterocycles. The van der Waals surface area contributed by atoms with E-state index in [1.165, 1.54) is 0 Å². The third-order valence-electron chi connectivity index (χ3n) is 5.05. The minimum Gasteiger partial charge on any atom is -0.489 e. The highest BCUT2D eigenvalue weighted by atomic mass is 16.5. The van der Waals surface area contributed by atoms with E-state index in [0.717, 1.165) is 16.9 Å². The summed E-state index contributed by atoms with van der Waals surface area (Å²) < 4.78 is 11.0. The van der Waals surface area contributed by atoms with Crippen LogP contribution in [0.5, 0.6) is 5.75 Å². The lowest BCUT2D eigenvalue weighted by Crippen LogP contribution is -2.34. The zero-order chi connectivity index (χ0) is 18.4. The van der Waals surface area contributed by atoms with Crippen LogP contribution in [0.25, 0.3) is 0 Å². The van der Waals surface area contributed by atoms with Gasteiger partial charge in [0.05, 0.1) is 18.1 Å². The second-order valence-electron chi connectivity index (χ2n) is 6.86. The van der Waals surface area contributed by atoms with E-state index in [0.29, 0.717) is 38.9 Å². The molecule has 2 aromatic rings. The van der Waals surface area contributed by atoms with Gasteiger partial charge in [0.1, 0.15) is 12.4 Å². The number of rotatable bonds is 6. The first-order valence-electron chi connectivity index (χ1n) is 9.27. The first-order chi connectivity index (χ1) is 12.6. The lowest BCUT2D eigenvalue weighted by atomic mass is 9.75. The number of aliphatic hydroxyl groups is 1. The van der Waals surface area contributed by atoms with Crippen molar-refractivity contribution in [3.63, 3.8) is 0 Å². The molecule has 0 unspecified atom stereocenters. The number of carbonyl (C=O) groups is 1. The zero-order valence-electron chi connectivity index (χ0n) is 15.2. The molecule has 1 fully saturated rings. The second kappa shape index (κ2) is 8.37. The predicted octanol–water partition coefficient (Wildman–Crippen LogP) is 4.21. The van der Waals surface area contributed by atoms with Crippen molar-refractivity contribution in [2.75, 3.05) is 6.61 Å². The van der Waals surface area contributed by atoms with Gasteiger partial charge in [0.2, 0.25) is 0 Å². The van der Waals surface area contributed by atoms with Gasteiger partial charge in [0.15, 0.2) is 0 Å². The van der Waals surface area contributed by atoms with Crippen LogP contribution in [-0.4, -0.2) is 17.7 Å². The van der Waals surface area contributed by atoms with E-state index in [1.807, 2.05) is 61.5 Å². The summed E-state index contributed by atoms with van der Waals surface area (Å²) in [5.41, 5.74) is 1.05. The van der Waals surface area contributed by atoms with E-state index in [9.17, 15) is 9.90 Å². The smallest absolute Gasteiger partial charge is 0.308 e. The van der Waals surface area contributed by atoms with Gasteiger partial charge in [-0.15, -0.1) is 0 Å². The van der Waals surface area contributed by atoms with Crippen molar-refractivity contribution >= 4 is 5.97 Å². The van der Waals surface area contributed by atoms with Crippen molar-refractivity contribution < 1.29 is 19.4 Å². The summed E-state index contributed by atoms with van der Waals surface area (Å²) in [5, 5.41) is 11.1. The standard InChI is InChI=1S/C22H26O4/c1-2-25-21(23)18-11-13-22(24,14-12-18)19-9-6-10-20(15-19)26-16-17-7-4-3-5-8-17/h3-10,15,18,24H,2,11-14,16H2,1H3. The van der Waals surface area contributed by atoms with Gasteiger partial charge in [-0.25, -0.2) is 0 Å². The van der Waals surface area contributed by atoms with Crippen LogP contribution >= 0.6 is 0 Å². The molecule has 3 rings (SSSR count). The average Bonchev–Trinajstić information content (AvgIpc) is 2.68. The van der Waals surface area contributed by atoms with Gasteiger partial charge in [0.25, 0.3) is 0 Å². The Morgan fingerprint density at radius 2 is 1.85 bits per heavy atom. The molecule has 0 aromatic heterocycles. The predicted molar refractivity (Wildman–Crippen MR) is 99.7 cm³/mol. The number of hydrogen-bond donors (Lipinski definition) is 1. The van der Waals surface area contributed by atoms with Crippen LogP contribution in [0, 0.1) is 5.92 Å². The molecule has 0 aliphatic heterocycles. The van der Waals surface area contributed by atoms with Gasteiger partial charge < -0.3 is 14.6 Å². The van der Waals surface area contributed by atoms with Crippen LogP contribution in [0.2, 0.25) is 0 Å². The van der Waals surface area contributed by atoms with Crippen molar-refractivity contribution in [3.8, 4) is 5.75 Å². The Hall–Kier alpha value is -2.33. The van der Waals surface area contributed by atoms with Crippen molar-refractivity contribution in [2.45, 2.75) is 44.8 Å². The number of ether oxygens (including phenoxy) is 2. The highest BCUT2D eigenvalue weighted by Crippen LogP contribution is 2.40. The van der Waals surface area contributed by atoms with Crippen LogP contribution in [0.15, 0.2) is 54.6 Å². The summed E-state index contributed by atoms with van der Waals surface area (Å²) >= 11 is 0. The molecule has 138 valence electrons. The van der Waals surface area contributed by atoms with E-state index in [4.69, 9.17) is 9.47 Å². The molecule has 26 heavy (non-hydrogen) atoms. The number of hydrogen-bond acceptors (Lipinski definition) is 4. The van der Waals surface area contributed by atoms with Gasteiger partial charge in [-0.05, 0) is 55.9 Å². The normalized spacial score (nSPS) is 22.6. The number of carbonyl (C=O) groups excluding carboxylic acids is 1. The third kappa shape index (κ3) is 4.44. The van der Waals surface area contributed by atoms with Crippen LogP contribution < -0.4 is 4.74 Å². The Labute approximate surface area is 154 Å². The molecule has 1 saturated carbocycles. The molecule has 0 saturated heterocycles. The van der Waals surface area contributed by atoms with Crippen molar-refractivity contribution in [2.24, 2.45) is 5.92 Å². The Morgan fingerprint density at radius 3 is 2.54 bits per heavy atom. The zero-order valence-corrected chi connectivity index (χ0v) is 15.2. The molecule has 4 heteroatoms. The van der Waals surface area contributed by atoms with Crippen LogP contribution in [0.3, 0.4) is 0 Å². The molecule has 1 aliphatic rings. The van der Waals surface area contributed by atoms with E-state index in [2.05, 4.69) is 0 Å². The maximum absolute atomic E-state index is 11.9. The molecular weight excluding hydrogens is 328 g/mol. The number of esters is 1. The summed E-state index contributed by atoms with van der Waals surface area (Å²) in [4.78, 5) is 11.9. The Balaban J connectivity index is 1.63. The van der Waals surface area contributed by atoms with Crippen molar-refractivity contribution in [1.82, 2.24) is 0 Å². The fraction of sp³-hybridized carbons (Fsp3) is 0.409. The molecule has 0 amide bonds. The van der Waals surface area contributed by atoms with Crippen molar-refractivity contribution in [1.29, 1.82) is 0 Å². The minimum atomic E-state index is -0.908. The first-order valence-corrected chi connectivity index (χ1v) is 9.27. The lowest BCUT2D eigenvalue weighted by Gasteiger charge is -2.35. The highest BCUT2D eigenvalue weighted by Gasteiger charge is 2.37. The van der Waals surface area contributed by atoms with E-state index >= 15 is 0 Å². The van der Waals surface area contributed by atoms with Gasteiger partial charge in [-0.1, -0.05) is 42.5 Å². The fourth-order valence-corrected chi connectivity index (χ4v) is 3.50. The highest BCUT2D eigenvalue weighted by molar-refractivity contribution is 5.72. The lowest BCUT2D eigenvalue weighted by molar-refractivity contribution is -0.151. The fourth-order valence-electron chi connectivity index (χ4n) is 3.50. The quantitative estimate of drug-likeness (QED) is 0.790. The first kappa shape index (κ1) is 18.5. The average molecular weight is 354 g/mol. The summed E-state index contributed by atoms with van der Waals surface area (Å²) in [6.45, 7) is 2.71. The van der Waals surface area contributed by atoms with E-state index in [1.54, 1.807) is 0 Å². The molecule has 1 aliphatic carbocycles. The maximum Gasteiger partial charge on any atom is 0.308 e. The van der Waals surface area contributed by atoms with Crippen LogP contribution in [0.1, 0.15) is 43.7 Å². The molecule has 1 N–H and O–H groups in total. The molecule has 0 radical (unpaired) electrons. The maximum atomic E-state index is 11.9. The molecule has 2 aromatic carbocycles. The Kier molecular flexibility index (Phi) is 5.94. The topological polar surface area (TPSA) is 55.8 Å². The molecular formula is C22H26O4.